The first-order valence-corrected chi connectivity index (χ1v) is 7.32. The summed E-state index contributed by atoms with van der Waals surface area (Å²) >= 11 is 0. The molecule has 3 heteroatoms. The molecule has 1 aromatic rings. The zero-order valence-electron chi connectivity index (χ0n) is 11.8. The summed E-state index contributed by atoms with van der Waals surface area (Å²) in [5.74, 6) is 0.513. The summed E-state index contributed by atoms with van der Waals surface area (Å²) in [6.07, 6.45) is 6.28. The first-order chi connectivity index (χ1) is 9.08. The van der Waals surface area contributed by atoms with Gasteiger partial charge in [0, 0.05) is 17.6 Å². The molecule has 0 radical (unpaired) electrons. The molecule has 2 rings (SSSR count). The predicted molar refractivity (Wildman–Crippen MR) is 75.7 cm³/mol. The quantitative estimate of drug-likeness (QED) is 0.805. The number of phenolic OH excluding ortho intramolecular Hbond substituents is 1. The minimum atomic E-state index is -0.296. The Hall–Kier alpha value is -1.09. The number of rotatable bonds is 3. The second-order valence-corrected chi connectivity index (χ2v) is 5.81. The van der Waals surface area contributed by atoms with Crippen LogP contribution in [0.15, 0.2) is 18.2 Å². The number of aromatic hydroxyl groups is 1. The van der Waals surface area contributed by atoms with Crippen LogP contribution in [-0.4, -0.2) is 11.1 Å². The van der Waals surface area contributed by atoms with E-state index in [-0.39, 0.29) is 17.6 Å². The van der Waals surface area contributed by atoms with Gasteiger partial charge in [-0.1, -0.05) is 26.2 Å². The highest BCUT2D eigenvalue weighted by Gasteiger charge is 2.22. The third kappa shape index (κ3) is 3.69. The van der Waals surface area contributed by atoms with E-state index in [0.29, 0.717) is 17.5 Å². The maximum atomic E-state index is 13.3. The van der Waals surface area contributed by atoms with Crippen LogP contribution in [-0.2, 0) is 0 Å². The van der Waals surface area contributed by atoms with Crippen LogP contribution >= 0.6 is 0 Å². The van der Waals surface area contributed by atoms with Crippen LogP contribution in [0.1, 0.15) is 57.6 Å². The fraction of sp³-hybridized carbons (Fsp3) is 0.625. The van der Waals surface area contributed by atoms with Gasteiger partial charge in [0.05, 0.1) is 0 Å². The molecule has 106 valence electrons. The van der Waals surface area contributed by atoms with Crippen molar-refractivity contribution in [1.29, 1.82) is 0 Å². The fourth-order valence-corrected chi connectivity index (χ4v) is 3.02. The molecule has 0 bridgehead atoms. The van der Waals surface area contributed by atoms with Gasteiger partial charge in [-0.25, -0.2) is 4.39 Å². The SMILES string of the molecule is CC(NC1CCCCCC1C)c1cc(F)ccc1O. The van der Waals surface area contributed by atoms with Crippen molar-refractivity contribution in [1.82, 2.24) is 5.32 Å². The Labute approximate surface area is 115 Å². The lowest BCUT2D eigenvalue weighted by atomic mass is 9.95. The molecule has 1 saturated carbocycles. The Bertz CT molecular complexity index is 421. The second-order valence-electron chi connectivity index (χ2n) is 5.81. The van der Waals surface area contributed by atoms with E-state index >= 15 is 0 Å². The zero-order valence-corrected chi connectivity index (χ0v) is 11.8. The van der Waals surface area contributed by atoms with Crippen LogP contribution in [0.3, 0.4) is 0 Å². The maximum absolute atomic E-state index is 13.3. The summed E-state index contributed by atoms with van der Waals surface area (Å²) in [4.78, 5) is 0. The fourth-order valence-electron chi connectivity index (χ4n) is 3.02. The van der Waals surface area contributed by atoms with Gasteiger partial charge in [-0.2, -0.15) is 0 Å². The van der Waals surface area contributed by atoms with Gasteiger partial charge in [0.25, 0.3) is 0 Å². The van der Waals surface area contributed by atoms with Crippen molar-refractivity contribution in [2.24, 2.45) is 5.92 Å². The number of halogens is 1. The summed E-state index contributed by atoms with van der Waals surface area (Å²) in [5.41, 5.74) is 0.649. The number of hydrogen-bond acceptors (Lipinski definition) is 2. The van der Waals surface area contributed by atoms with Gasteiger partial charge >= 0.3 is 0 Å². The predicted octanol–water partition coefficient (Wildman–Crippen LogP) is 4.15. The first kappa shape index (κ1) is 14.3. The van der Waals surface area contributed by atoms with Gasteiger partial charge in [-0.05, 0) is 43.9 Å². The topological polar surface area (TPSA) is 32.3 Å². The highest BCUT2D eigenvalue weighted by molar-refractivity contribution is 5.34. The van der Waals surface area contributed by atoms with Gasteiger partial charge in [0.2, 0.25) is 0 Å². The van der Waals surface area contributed by atoms with Crippen LogP contribution in [0.4, 0.5) is 4.39 Å². The van der Waals surface area contributed by atoms with Crippen LogP contribution in [0, 0.1) is 11.7 Å². The van der Waals surface area contributed by atoms with Gasteiger partial charge in [-0.3, -0.25) is 0 Å². The van der Waals surface area contributed by atoms with Crippen molar-refractivity contribution in [2.45, 2.75) is 58.0 Å². The number of phenols is 1. The van der Waals surface area contributed by atoms with Gasteiger partial charge in [-0.15, -0.1) is 0 Å². The minimum Gasteiger partial charge on any atom is -0.508 e. The smallest absolute Gasteiger partial charge is 0.123 e. The third-order valence-electron chi connectivity index (χ3n) is 4.28. The van der Waals surface area contributed by atoms with E-state index < -0.39 is 0 Å². The lowest BCUT2D eigenvalue weighted by molar-refractivity contribution is 0.325. The van der Waals surface area contributed by atoms with E-state index in [0.717, 1.165) is 0 Å². The molecule has 0 saturated heterocycles. The highest BCUT2D eigenvalue weighted by Crippen LogP contribution is 2.29. The molecule has 3 unspecified atom stereocenters. The lowest BCUT2D eigenvalue weighted by Crippen LogP contribution is -2.36. The molecule has 1 aliphatic carbocycles. The van der Waals surface area contributed by atoms with Crippen molar-refractivity contribution in [3.05, 3.63) is 29.6 Å². The molecule has 0 amide bonds. The van der Waals surface area contributed by atoms with Crippen molar-refractivity contribution in [3.63, 3.8) is 0 Å². The number of benzene rings is 1. The van der Waals surface area contributed by atoms with E-state index in [1.54, 1.807) is 0 Å². The molecule has 1 aliphatic rings. The Kier molecular flexibility index (Phi) is 4.81. The Morgan fingerprint density at radius 2 is 2.00 bits per heavy atom. The van der Waals surface area contributed by atoms with Crippen LogP contribution in [0.2, 0.25) is 0 Å². The highest BCUT2D eigenvalue weighted by atomic mass is 19.1. The Morgan fingerprint density at radius 3 is 2.79 bits per heavy atom. The molecular formula is C16H24FNO. The van der Waals surface area contributed by atoms with E-state index in [2.05, 4.69) is 12.2 Å². The van der Waals surface area contributed by atoms with Crippen LogP contribution in [0.5, 0.6) is 5.75 Å². The van der Waals surface area contributed by atoms with E-state index in [9.17, 15) is 9.50 Å². The van der Waals surface area contributed by atoms with Crippen LogP contribution in [0.25, 0.3) is 0 Å². The normalized spacial score (nSPS) is 25.8. The number of nitrogens with one attached hydrogen (secondary N) is 1. The molecule has 19 heavy (non-hydrogen) atoms. The maximum Gasteiger partial charge on any atom is 0.123 e. The third-order valence-corrected chi connectivity index (χ3v) is 4.28. The largest absolute Gasteiger partial charge is 0.508 e. The van der Waals surface area contributed by atoms with Crippen molar-refractivity contribution < 1.29 is 9.50 Å². The van der Waals surface area contributed by atoms with Gasteiger partial charge in [0.15, 0.2) is 0 Å². The molecule has 2 N–H and O–H groups in total. The van der Waals surface area contributed by atoms with E-state index in [4.69, 9.17) is 0 Å². The molecule has 3 atom stereocenters. The van der Waals surface area contributed by atoms with Crippen LogP contribution < -0.4 is 5.32 Å². The van der Waals surface area contributed by atoms with E-state index in [1.165, 1.54) is 50.3 Å². The summed E-state index contributed by atoms with van der Waals surface area (Å²) < 4.78 is 13.3. The molecule has 0 spiro atoms. The van der Waals surface area contributed by atoms with Gasteiger partial charge < -0.3 is 10.4 Å². The Morgan fingerprint density at radius 1 is 1.26 bits per heavy atom. The standard InChI is InChI=1S/C16H24FNO/c1-11-6-4-3-5-7-15(11)18-12(2)14-10-13(17)8-9-16(14)19/h8-12,15,18-19H,3-7H2,1-2H3. The molecular weight excluding hydrogens is 241 g/mol. The number of hydrogen-bond donors (Lipinski definition) is 2. The summed E-state index contributed by atoms with van der Waals surface area (Å²) in [6, 6.07) is 4.58. The molecule has 1 aromatic carbocycles. The monoisotopic (exact) mass is 265 g/mol. The zero-order chi connectivity index (χ0) is 13.8. The average Bonchev–Trinajstić information content (AvgIpc) is 2.58. The lowest BCUT2D eigenvalue weighted by Gasteiger charge is -2.27. The molecule has 1 fully saturated rings. The summed E-state index contributed by atoms with van der Waals surface area (Å²) in [6.45, 7) is 4.27. The minimum absolute atomic E-state index is 0.0266. The van der Waals surface area contributed by atoms with Gasteiger partial charge in [0.1, 0.15) is 11.6 Å². The Balaban J connectivity index is 2.06. The molecule has 0 heterocycles. The van der Waals surface area contributed by atoms with Crippen molar-refractivity contribution >= 4 is 0 Å². The molecule has 2 nitrogen and oxygen atoms in total. The van der Waals surface area contributed by atoms with Crippen molar-refractivity contribution in [2.75, 3.05) is 0 Å². The average molecular weight is 265 g/mol. The second kappa shape index (κ2) is 6.38. The molecule has 0 aliphatic heterocycles. The first-order valence-electron chi connectivity index (χ1n) is 7.32. The van der Waals surface area contributed by atoms with E-state index in [1.807, 2.05) is 6.92 Å². The summed E-state index contributed by atoms with van der Waals surface area (Å²) in [5, 5.41) is 13.4. The van der Waals surface area contributed by atoms with Crippen molar-refractivity contribution in [3.8, 4) is 5.75 Å². The molecule has 0 aromatic heterocycles. The summed E-state index contributed by atoms with van der Waals surface area (Å²) in [7, 11) is 0.